The van der Waals surface area contributed by atoms with Gasteiger partial charge in [-0.05, 0) is 59.5 Å². The Morgan fingerprint density at radius 1 is 1.20 bits per heavy atom. The van der Waals surface area contributed by atoms with Gasteiger partial charge in [0.1, 0.15) is 0 Å². The van der Waals surface area contributed by atoms with Crippen molar-refractivity contribution in [3.05, 3.63) is 0 Å². The summed E-state index contributed by atoms with van der Waals surface area (Å²) in [5, 5.41) is 0. The number of rotatable bonds is 2. The van der Waals surface area contributed by atoms with Gasteiger partial charge in [-0.15, -0.1) is 0 Å². The van der Waals surface area contributed by atoms with Crippen LogP contribution in [0.2, 0.25) is 0 Å². The zero-order valence-electron chi connectivity index (χ0n) is 10.3. The molecular weight excluding hydrogens is 200 g/mol. The third kappa shape index (κ3) is 1.02. The van der Waals surface area contributed by atoms with Gasteiger partial charge in [0, 0.05) is 0 Å². The van der Waals surface area contributed by atoms with E-state index in [0.29, 0.717) is 10.8 Å². The molecule has 0 aliphatic heterocycles. The summed E-state index contributed by atoms with van der Waals surface area (Å²) >= 11 is 4.69. The lowest BCUT2D eigenvalue weighted by molar-refractivity contribution is -0.228. The van der Waals surface area contributed by atoms with E-state index in [1.54, 1.807) is 6.42 Å². The average molecular weight is 224 g/mol. The van der Waals surface area contributed by atoms with Crippen molar-refractivity contribution in [1.29, 1.82) is 0 Å². The Labute approximate surface area is 99.6 Å². The minimum atomic E-state index is 0.517. The molecular formula is C14H24S. The summed E-state index contributed by atoms with van der Waals surface area (Å²) in [4.78, 5) is 0. The molecule has 0 nitrogen and oxygen atoms in total. The molecule has 0 aromatic heterocycles. The van der Waals surface area contributed by atoms with Gasteiger partial charge in [-0.3, -0.25) is 0 Å². The van der Waals surface area contributed by atoms with Crippen LogP contribution in [0.3, 0.4) is 0 Å². The molecule has 3 fully saturated rings. The predicted molar refractivity (Wildman–Crippen MR) is 68.2 cm³/mol. The van der Waals surface area contributed by atoms with Gasteiger partial charge in [0.15, 0.2) is 0 Å². The Bertz CT molecular complexity index is 287. The molecule has 0 saturated heterocycles. The first kappa shape index (κ1) is 10.5. The summed E-state index contributed by atoms with van der Waals surface area (Å²) in [7, 11) is 0. The van der Waals surface area contributed by atoms with Crippen molar-refractivity contribution in [2.75, 3.05) is 5.75 Å². The molecule has 0 amide bonds. The summed E-state index contributed by atoms with van der Waals surface area (Å²) in [5.41, 5.74) is 1.08. The fourth-order valence-corrected chi connectivity index (χ4v) is 5.73. The van der Waals surface area contributed by atoms with Gasteiger partial charge in [-0.2, -0.15) is 12.6 Å². The van der Waals surface area contributed by atoms with E-state index < -0.39 is 0 Å². The van der Waals surface area contributed by atoms with Gasteiger partial charge >= 0.3 is 0 Å². The summed E-state index contributed by atoms with van der Waals surface area (Å²) in [6.07, 6.45) is 5.90. The van der Waals surface area contributed by atoms with Crippen LogP contribution in [0.1, 0.15) is 46.5 Å². The molecule has 0 radical (unpaired) electrons. The van der Waals surface area contributed by atoms with E-state index in [9.17, 15) is 0 Å². The van der Waals surface area contributed by atoms with Crippen LogP contribution in [0.25, 0.3) is 0 Å². The van der Waals surface area contributed by atoms with Crippen molar-refractivity contribution < 1.29 is 0 Å². The van der Waals surface area contributed by atoms with Crippen LogP contribution in [-0.4, -0.2) is 5.75 Å². The third-order valence-electron chi connectivity index (χ3n) is 6.73. The summed E-state index contributed by atoms with van der Waals surface area (Å²) < 4.78 is 0. The largest absolute Gasteiger partial charge is 0.179 e. The lowest BCUT2D eigenvalue weighted by Crippen LogP contribution is -2.66. The first-order valence-corrected chi connectivity index (χ1v) is 7.30. The highest BCUT2D eigenvalue weighted by Crippen LogP contribution is 2.73. The van der Waals surface area contributed by atoms with Gasteiger partial charge < -0.3 is 0 Å². The lowest BCUT2D eigenvalue weighted by atomic mass is 9.33. The van der Waals surface area contributed by atoms with Crippen molar-refractivity contribution in [3.63, 3.8) is 0 Å². The van der Waals surface area contributed by atoms with Gasteiger partial charge in [0.25, 0.3) is 0 Å². The number of thiol groups is 1. The fourth-order valence-electron chi connectivity index (χ4n) is 5.11. The summed E-state index contributed by atoms with van der Waals surface area (Å²) in [6.45, 7) is 7.45. The van der Waals surface area contributed by atoms with Crippen molar-refractivity contribution in [3.8, 4) is 0 Å². The molecule has 3 saturated carbocycles. The Morgan fingerprint density at radius 3 is 2.47 bits per heavy atom. The van der Waals surface area contributed by atoms with E-state index in [1.165, 1.54) is 19.3 Å². The molecule has 0 aromatic rings. The van der Waals surface area contributed by atoms with Crippen molar-refractivity contribution in [2.45, 2.75) is 46.5 Å². The van der Waals surface area contributed by atoms with Gasteiger partial charge in [-0.25, -0.2) is 0 Å². The van der Waals surface area contributed by atoms with Crippen LogP contribution in [0, 0.1) is 34.5 Å². The van der Waals surface area contributed by atoms with E-state index in [2.05, 4.69) is 20.8 Å². The first-order chi connectivity index (χ1) is 7.05. The smallest absolute Gasteiger partial charge is 0.00358 e. The second kappa shape index (κ2) is 2.97. The fraction of sp³-hybridized carbons (Fsp3) is 1.00. The molecule has 3 aliphatic carbocycles. The number of hydrogen-bond donors (Lipinski definition) is 1. The Balaban J connectivity index is 1.95. The van der Waals surface area contributed by atoms with Crippen LogP contribution in [-0.2, 0) is 0 Å². The molecule has 6 unspecified atom stereocenters. The third-order valence-corrected chi connectivity index (χ3v) is 7.39. The van der Waals surface area contributed by atoms with Crippen molar-refractivity contribution in [2.24, 2.45) is 34.5 Å². The lowest BCUT2D eigenvalue weighted by Gasteiger charge is -2.72. The van der Waals surface area contributed by atoms with Crippen LogP contribution >= 0.6 is 12.6 Å². The molecule has 86 valence electrons. The molecule has 3 rings (SSSR count). The maximum absolute atomic E-state index is 4.69. The SMILES string of the molecule is CCC1(C)CC2CC3CC(C32)C1(C)CS. The first-order valence-electron chi connectivity index (χ1n) is 6.66. The summed E-state index contributed by atoms with van der Waals surface area (Å²) in [6, 6.07) is 0. The molecule has 3 aliphatic rings. The summed E-state index contributed by atoms with van der Waals surface area (Å²) in [5.74, 6) is 5.43. The monoisotopic (exact) mass is 224 g/mol. The Kier molecular flexibility index (Phi) is 2.08. The van der Waals surface area contributed by atoms with Gasteiger partial charge in [0.2, 0.25) is 0 Å². The Morgan fingerprint density at radius 2 is 1.93 bits per heavy atom. The second-order valence-electron chi connectivity index (χ2n) is 6.87. The van der Waals surface area contributed by atoms with Crippen molar-refractivity contribution in [1.82, 2.24) is 0 Å². The maximum Gasteiger partial charge on any atom is -0.00358 e. The normalized spacial score (nSPS) is 61.6. The topological polar surface area (TPSA) is 0 Å². The van der Waals surface area contributed by atoms with E-state index in [0.717, 1.165) is 29.4 Å². The van der Waals surface area contributed by atoms with E-state index in [-0.39, 0.29) is 0 Å². The highest BCUT2D eigenvalue weighted by atomic mass is 32.1. The van der Waals surface area contributed by atoms with Crippen LogP contribution < -0.4 is 0 Å². The predicted octanol–water partition coefficient (Wildman–Crippen LogP) is 4.01. The van der Waals surface area contributed by atoms with Gasteiger partial charge in [-0.1, -0.05) is 27.2 Å². The quantitative estimate of drug-likeness (QED) is 0.673. The molecule has 0 aromatic carbocycles. The van der Waals surface area contributed by atoms with E-state index in [1.807, 2.05) is 0 Å². The Hall–Kier alpha value is 0.350. The van der Waals surface area contributed by atoms with Gasteiger partial charge in [0.05, 0.1) is 0 Å². The van der Waals surface area contributed by atoms with Crippen LogP contribution in [0.15, 0.2) is 0 Å². The minimum Gasteiger partial charge on any atom is -0.179 e. The van der Waals surface area contributed by atoms with E-state index in [4.69, 9.17) is 12.6 Å². The maximum atomic E-state index is 4.69. The van der Waals surface area contributed by atoms with Crippen molar-refractivity contribution >= 4 is 12.6 Å². The molecule has 0 spiro atoms. The zero-order valence-corrected chi connectivity index (χ0v) is 11.2. The molecule has 15 heavy (non-hydrogen) atoms. The molecule has 0 heterocycles. The average Bonchev–Trinajstić information content (AvgIpc) is 2.20. The standard InChI is InChI=1S/C14H24S/c1-4-13(2)7-10-5-9-6-11(12(9)10)14(13,3)8-15/h9-12,15H,4-8H2,1-3H3. The highest BCUT2D eigenvalue weighted by Gasteiger charge is 2.67. The van der Waals surface area contributed by atoms with E-state index >= 15 is 0 Å². The molecule has 0 bridgehead atoms. The molecule has 0 N–H and O–H groups in total. The second-order valence-corrected chi connectivity index (χ2v) is 7.19. The molecule has 6 atom stereocenters. The highest BCUT2D eigenvalue weighted by molar-refractivity contribution is 7.80. The number of hydrogen-bond acceptors (Lipinski definition) is 1. The van der Waals surface area contributed by atoms with Crippen LogP contribution in [0.4, 0.5) is 0 Å². The minimum absolute atomic E-state index is 0.517. The zero-order chi connectivity index (χ0) is 10.8. The van der Waals surface area contributed by atoms with Crippen LogP contribution in [0.5, 0.6) is 0 Å². The molecule has 1 heteroatoms.